The minimum absolute atomic E-state index is 0.0837. The molecule has 9 N–H and O–H groups in total. The summed E-state index contributed by atoms with van der Waals surface area (Å²) in [7, 11) is 0. The van der Waals surface area contributed by atoms with Crippen LogP contribution >= 0.6 is 0 Å². The van der Waals surface area contributed by atoms with E-state index in [1.807, 2.05) is 0 Å². The summed E-state index contributed by atoms with van der Waals surface area (Å²) < 4.78 is 0. The summed E-state index contributed by atoms with van der Waals surface area (Å²) in [6, 6.07) is 5.63. The zero-order valence-corrected chi connectivity index (χ0v) is 17.1. The molecule has 0 bridgehead atoms. The van der Waals surface area contributed by atoms with Crippen LogP contribution in [0, 0.1) is 0 Å². The van der Waals surface area contributed by atoms with Crippen molar-refractivity contribution in [3.63, 3.8) is 0 Å². The van der Waals surface area contributed by atoms with Crippen molar-refractivity contribution in [3.05, 3.63) is 35.9 Å². The van der Waals surface area contributed by atoms with Crippen LogP contribution in [0.15, 0.2) is 35.3 Å². The van der Waals surface area contributed by atoms with Gasteiger partial charge in [-0.05, 0) is 38.8 Å². The smallest absolute Gasteiger partial charge is 0.251 e. The van der Waals surface area contributed by atoms with Crippen molar-refractivity contribution in [1.29, 1.82) is 0 Å². The molecular weight excluding hydrogens is 390 g/mol. The largest absolute Gasteiger partial charge is 0.370 e. The van der Waals surface area contributed by atoms with E-state index in [0.29, 0.717) is 12.0 Å². The first kappa shape index (κ1) is 24.4. The van der Waals surface area contributed by atoms with Gasteiger partial charge in [-0.25, -0.2) is 0 Å². The Labute approximate surface area is 174 Å². The quantitative estimate of drug-likeness (QED) is 0.141. The number of hydrogen-bond acceptors (Lipinski definition) is 5. The fourth-order valence-corrected chi connectivity index (χ4v) is 2.39. The molecule has 0 fully saturated rings. The average molecular weight is 419 g/mol. The minimum atomic E-state index is -0.968. The second-order valence-corrected chi connectivity index (χ2v) is 6.70. The third-order valence-corrected chi connectivity index (χ3v) is 4.14. The Balaban J connectivity index is 2.75. The molecule has 0 unspecified atom stereocenters. The number of nitrogens with one attached hydrogen (secondary N) is 3. The van der Waals surface area contributed by atoms with Crippen molar-refractivity contribution in [1.82, 2.24) is 16.0 Å². The number of benzene rings is 1. The monoisotopic (exact) mass is 419 g/mol. The van der Waals surface area contributed by atoms with Gasteiger partial charge in [0.15, 0.2) is 5.96 Å². The van der Waals surface area contributed by atoms with Crippen molar-refractivity contribution < 1.29 is 19.2 Å². The van der Waals surface area contributed by atoms with E-state index in [2.05, 4.69) is 20.9 Å². The van der Waals surface area contributed by atoms with Gasteiger partial charge in [0.05, 0.1) is 0 Å². The van der Waals surface area contributed by atoms with Gasteiger partial charge >= 0.3 is 0 Å². The molecule has 11 heteroatoms. The number of carbonyl (C=O) groups is 4. The van der Waals surface area contributed by atoms with Crippen LogP contribution in [0.2, 0.25) is 0 Å². The maximum atomic E-state index is 12.5. The number of guanidine groups is 1. The van der Waals surface area contributed by atoms with Crippen LogP contribution in [0.3, 0.4) is 0 Å². The van der Waals surface area contributed by atoms with E-state index in [-0.39, 0.29) is 18.9 Å². The second kappa shape index (κ2) is 12.0. The Kier molecular flexibility index (Phi) is 9.80. The molecule has 0 spiro atoms. The molecule has 0 aliphatic rings. The molecule has 1 aromatic carbocycles. The number of rotatable bonds is 11. The highest BCUT2D eigenvalue weighted by atomic mass is 16.2. The lowest BCUT2D eigenvalue weighted by Gasteiger charge is -2.22. The molecule has 3 atom stereocenters. The topological polar surface area (TPSA) is 195 Å². The highest BCUT2D eigenvalue weighted by Gasteiger charge is 2.26. The van der Waals surface area contributed by atoms with E-state index in [9.17, 15) is 19.2 Å². The van der Waals surface area contributed by atoms with Crippen molar-refractivity contribution in [2.24, 2.45) is 22.2 Å². The molecule has 1 aromatic rings. The number of nitrogens with two attached hydrogens (primary N) is 3. The SMILES string of the molecule is C[C@H](NC(=O)[C@H](CCCN=C(N)N)NC(=O)[C@H](C)NC(=O)c1ccccc1)C(N)=O. The Bertz CT molecular complexity index is 778. The summed E-state index contributed by atoms with van der Waals surface area (Å²) in [6.07, 6.45) is 0.602. The predicted molar refractivity (Wildman–Crippen MR) is 112 cm³/mol. The van der Waals surface area contributed by atoms with Crippen LogP contribution in [0.1, 0.15) is 37.0 Å². The number of nitrogens with zero attached hydrogens (tertiary/aromatic N) is 1. The average Bonchev–Trinajstić information content (AvgIpc) is 2.70. The number of primary amides is 1. The first-order valence-electron chi connectivity index (χ1n) is 9.43. The van der Waals surface area contributed by atoms with Crippen LogP contribution in [-0.4, -0.2) is 54.3 Å². The first-order valence-corrected chi connectivity index (χ1v) is 9.43. The van der Waals surface area contributed by atoms with Crippen molar-refractivity contribution in [2.75, 3.05) is 6.54 Å². The van der Waals surface area contributed by atoms with Crippen molar-refractivity contribution in [3.8, 4) is 0 Å². The maximum absolute atomic E-state index is 12.5. The normalized spacial score (nSPS) is 13.3. The van der Waals surface area contributed by atoms with Gasteiger partial charge in [0.2, 0.25) is 17.7 Å². The third-order valence-electron chi connectivity index (χ3n) is 4.14. The van der Waals surface area contributed by atoms with Gasteiger partial charge in [0.1, 0.15) is 18.1 Å². The Morgan fingerprint density at radius 1 is 0.900 bits per heavy atom. The second-order valence-electron chi connectivity index (χ2n) is 6.70. The van der Waals surface area contributed by atoms with E-state index in [0.717, 1.165) is 0 Å². The van der Waals surface area contributed by atoms with E-state index >= 15 is 0 Å². The van der Waals surface area contributed by atoms with Gasteiger partial charge in [-0.1, -0.05) is 18.2 Å². The summed E-state index contributed by atoms with van der Waals surface area (Å²) in [5.41, 5.74) is 16.1. The molecule has 0 aromatic heterocycles. The van der Waals surface area contributed by atoms with Gasteiger partial charge in [-0.3, -0.25) is 24.2 Å². The minimum Gasteiger partial charge on any atom is -0.370 e. The Morgan fingerprint density at radius 2 is 1.53 bits per heavy atom. The lowest BCUT2D eigenvalue weighted by molar-refractivity contribution is -0.131. The summed E-state index contributed by atoms with van der Waals surface area (Å²) in [5, 5.41) is 7.59. The summed E-state index contributed by atoms with van der Waals surface area (Å²) >= 11 is 0. The van der Waals surface area contributed by atoms with Crippen LogP contribution in [0.25, 0.3) is 0 Å². The summed E-state index contributed by atoms with van der Waals surface area (Å²) in [6.45, 7) is 3.19. The molecular formula is C19H29N7O4. The molecule has 164 valence electrons. The lowest BCUT2D eigenvalue weighted by atomic mass is 10.1. The fourth-order valence-electron chi connectivity index (χ4n) is 2.39. The molecule has 0 saturated carbocycles. The zero-order chi connectivity index (χ0) is 22.7. The van der Waals surface area contributed by atoms with Crippen LogP contribution in [0.5, 0.6) is 0 Å². The molecule has 0 radical (unpaired) electrons. The van der Waals surface area contributed by atoms with Crippen LogP contribution in [-0.2, 0) is 14.4 Å². The van der Waals surface area contributed by atoms with Gasteiger partial charge in [0.25, 0.3) is 5.91 Å². The maximum Gasteiger partial charge on any atom is 0.251 e. The van der Waals surface area contributed by atoms with Crippen molar-refractivity contribution >= 4 is 29.6 Å². The number of hydrogen-bond donors (Lipinski definition) is 6. The number of aliphatic imine (C=N–C) groups is 1. The van der Waals surface area contributed by atoms with E-state index < -0.39 is 41.8 Å². The highest BCUT2D eigenvalue weighted by molar-refractivity contribution is 5.98. The lowest BCUT2D eigenvalue weighted by Crippen LogP contribution is -2.55. The molecule has 4 amide bonds. The predicted octanol–water partition coefficient (Wildman–Crippen LogP) is -1.67. The van der Waals surface area contributed by atoms with Crippen LogP contribution in [0.4, 0.5) is 0 Å². The Morgan fingerprint density at radius 3 is 2.10 bits per heavy atom. The molecule has 0 aliphatic carbocycles. The molecule has 1 rings (SSSR count). The number of carbonyl (C=O) groups excluding carboxylic acids is 4. The van der Waals surface area contributed by atoms with Gasteiger partial charge < -0.3 is 33.2 Å². The van der Waals surface area contributed by atoms with E-state index in [4.69, 9.17) is 17.2 Å². The van der Waals surface area contributed by atoms with Gasteiger partial charge in [0, 0.05) is 12.1 Å². The molecule has 30 heavy (non-hydrogen) atoms. The van der Waals surface area contributed by atoms with Gasteiger partial charge in [-0.15, -0.1) is 0 Å². The summed E-state index contributed by atoms with van der Waals surface area (Å²) in [4.78, 5) is 52.3. The van der Waals surface area contributed by atoms with Gasteiger partial charge in [-0.2, -0.15) is 0 Å². The standard InChI is InChI=1S/C19H29N7O4/c1-11(15(20)27)24-18(30)14(9-6-10-23-19(21)22)26-16(28)12(2)25-17(29)13-7-4-3-5-8-13/h3-5,7-8,11-12,14H,6,9-10H2,1-2H3,(H2,20,27)(H,24,30)(H,25,29)(H,26,28)(H4,21,22,23)/t11-,12-,14-/m0/s1. The molecule has 11 nitrogen and oxygen atoms in total. The molecule has 0 heterocycles. The third kappa shape index (κ3) is 8.59. The zero-order valence-electron chi connectivity index (χ0n) is 17.1. The fraction of sp³-hybridized carbons (Fsp3) is 0.421. The highest BCUT2D eigenvalue weighted by Crippen LogP contribution is 2.02. The van der Waals surface area contributed by atoms with Crippen LogP contribution < -0.4 is 33.2 Å². The summed E-state index contributed by atoms with van der Waals surface area (Å²) in [5.74, 6) is -2.36. The van der Waals surface area contributed by atoms with E-state index in [1.54, 1.807) is 30.3 Å². The van der Waals surface area contributed by atoms with E-state index in [1.165, 1.54) is 13.8 Å². The number of amides is 4. The first-order chi connectivity index (χ1) is 14.1. The molecule has 0 saturated heterocycles. The van der Waals surface area contributed by atoms with Crippen molar-refractivity contribution in [2.45, 2.75) is 44.8 Å². The Hall–Kier alpha value is -3.63. The molecule has 0 aliphatic heterocycles.